The average molecular weight is 181 g/mol. The topological polar surface area (TPSA) is 0 Å². The molecule has 0 nitrogen and oxygen atoms in total. The molecule has 44 valence electrons. The van der Waals surface area contributed by atoms with Gasteiger partial charge in [-0.25, -0.2) is 0 Å². The molecule has 0 amide bonds. The fourth-order valence-electron chi connectivity index (χ4n) is 0.871. The molecular formula is C8H6Se. The van der Waals surface area contributed by atoms with Gasteiger partial charge in [0.2, 0.25) is 0 Å². The summed E-state index contributed by atoms with van der Waals surface area (Å²) in [6.07, 6.45) is 1.94. The molecule has 0 bridgehead atoms. The van der Waals surface area contributed by atoms with Crippen LogP contribution in [0.4, 0.5) is 0 Å². The second-order valence-electron chi connectivity index (χ2n) is 1.98. The van der Waals surface area contributed by atoms with Crippen LogP contribution in [0.15, 0.2) is 24.8 Å². The first-order chi connectivity index (χ1) is 4.42. The molecule has 1 aromatic rings. The second kappa shape index (κ2) is 1.73. The Hall–Kier alpha value is -0.521. The van der Waals surface area contributed by atoms with E-state index in [4.69, 9.17) is 0 Å². The van der Waals surface area contributed by atoms with Crippen LogP contribution < -0.4 is 8.92 Å². The Labute approximate surface area is 60.7 Å². The van der Waals surface area contributed by atoms with E-state index >= 15 is 0 Å². The minimum absolute atomic E-state index is 0.701. The Morgan fingerprint density at radius 2 is 2.33 bits per heavy atom. The fourth-order valence-corrected chi connectivity index (χ4v) is 2.49. The number of rotatable bonds is 1. The van der Waals surface area contributed by atoms with E-state index in [1.165, 1.54) is 5.56 Å². The summed E-state index contributed by atoms with van der Waals surface area (Å²) in [6.45, 7) is 3.74. The van der Waals surface area contributed by atoms with Gasteiger partial charge in [0.1, 0.15) is 0 Å². The van der Waals surface area contributed by atoms with Crippen LogP contribution in [0.3, 0.4) is 0 Å². The summed E-state index contributed by atoms with van der Waals surface area (Å²) in [6, 6.07) is 6.42. The Balaban J connectivity index is 2.62. The van der Waals surface area contributed by atoms with E-state index in [-0.39, 0.29) is 0 Å². The molecule has 0 saturated carbocycles. The van der Waals surface area contributed by atoms with Crippen LogP contribution in [0.5, 0.6) is 0 Å². The second-order valence-corrected chi connectivity index (χ2v) is 4.19. The van der Waals surface area contributed by atoms with Crippen molar-refractivity contribution in [3.05, 3.63) is 30.3 Å². The molecule has 0 aromatic heterocycles. The summed E-state index contributed by atoms with van der Waals surface area (Å²) >= 11 is 0.701. The molecule has 0 unspecified atom stereocenters. The van der Waals surface area contributed by atoms with E-state index in [1.54, 1.807) is 8.92 Å². The van der Waals surface area contributed by atoms with Crippen molar-refractivity contribution in [1.29, 1.82) is 0 Å². The third-order valence-electron chi connectivity index (χ3n) is 1.40. The summed E-state index contributed by atoms with van der Waals surface area (Å²) in [5.41, 5.74) is 1.34. The van der Waals surface area contributed by atoms with Crippen LogP contribution in [0.25, 0.3) is 6.08 Å². The quantitative estimate of drug-likeness (QED) is 0.555. The van der Waals surface area contributed by atoms with Gasteiger partial charge in [-0.1, -0.05) is 0 Å². The third kappa shape index (κ3) is 0.735. The predicted molar refractivity (Wildman–Crippen MR) is 41.6 cm³/mol. The van der Waals surface area contributed by atoms with Gasteiger partial charge >= 0.3 is 60.3 Å². The Morgan fingerprint density at radius 3 is 3.00 bits per heavy atom. The molecule has 2 rings (SSSR count). The van der Waals surface area contributed by atoms with E-state index < -0.39 is 0 Å². The maximum atomic E-state index is 3.74. The molecule has 0 radical (unpaired) electrons. The first kappa shape index (κ1) is 5.28. The summed E-state index contributed by atoms with van der Waals surface area (Å²) in [5, 5.41) is 0. The van der Waals surface area contributed by atoms with Crippen LogP contribution in [-0.4, -0.2) is 15.0 Å². The molecule has 0 spiro atoms. The number of hydrogen-bond donors (Lipinski definition) is 0. The number of benzene rings is 1. The van der Waals surface area contributed by atoms with Crippen molar-refractivity contribution in [2.45, 2.75) is 0 Å². The van der Waals surface area contributed by atoms with Crippen LogP contribution in [-0.2, 0) is 0 Å². The van der Waals surface area contributed by atoms with E-state index in [1.807, 2.05) is 6.08 Å². The Kier molecular flexibility index (Phi) is 1.01. The van der Waals surface area contributed by atoms with Crippen molar-refractivity contribution in [3.8, 4) is 0 Å². The van der Waals surface area contributed by atoms with Crippen molar-refractivity contribution in [2.75, 3.05) is 0 Å². The van der Waals surface area contributed by atoms with Gasteiger partial charge in [0.25, 0.3) is 0 Å². The maximum absolute atomic E-state index is 3.74. The molecule has 1 heterocycles. The summed E-state index contributed by atoms with van der Waals surface area (Å²) < 4.78 is 3.11. The first-order valence-corrected chi connectivity index (χ1v) is 4.56. The van der Waals surface area contributed by atoms with Gasteiger partial charge in [-0.05, 0) is 0 Å². The fraction of sp³-hybridized carbons (Fsp3) is 0. The molecule has 1 heteroatoms. The molecule has 1 aliphatic heterocycles. The van der Waals surface area contributed by atoms with E-state index in [0.29, 0.717) is 15.0 Å². The van der Waals surface area contributed by atoms with Crippen LogP contribution in [0.1, 0.15) is 5.56 Å². The molecule has 0 fully saturated rings. The molecule has 1 aliphatic rings. The zero-order valence-electron chi connectivity index (χ0n) is 4.92. The van der Waals surface area contributed by atoms with Gasteiger partial charge in [-0.2, -0.15) is 0 Å². The van der Waals surface area contributed by atoms with E-state index in [2.05, 4.69) is 24.8 Å². The normalized spacial score (nSPS) is 12.4. The molecule has 0 aliphatic carbocycles. The standard InChI is InChI=1S/C8H6Se/c1-2-6-4-3-5-7-8(6)9-7/h2-5H,1H2. The first-order valence-electron chi connectivity index (χ1n) is 2.85. The van der Waals surface area contributed by atoms with Crippen LogP contribution in [0, 0.1) is 0 Å². The summed E-state index contributed by atoms with van der Waals surface area (Å²) in [5.74, 6) is 0. The van der Waals surface area contributed by atoms with Gasteiger partial charge in [-0.3, -0.25) is 0 Å². The van der Waals surface area contributed by atoms with Gasteiger partial charge in [0.15, 0.2) is 0 Å². The van der Waals surface area contributed by atoms with Gasteiger partial charge < -0.3 is 0 Å². The van der Waals surface area contributed by atoms with Gasteiger partial charge in [-0.15, -0.1) is 0 Å². The predicted octanol–water partition coefficient (Wildman–Crippen LogP) is 0.298. The molecule has 0 saturated heterocycles. The van der Waals surface area contributed by atoms with Crippen molar-refractivity contribution >= 4 is 30.0 Å². The SMILES string of the molecule is C=Cc1cccc2c1[Se]2. The molecule has 0 atom stereocenters. The zero-order valence-corrected chi connectivity index (χ0v) is 6.64. The molecule has 0 N–H and O–H groups in total. The number of fused-ring (bicyclic) bond motifs is 1. The minimum atomic E-state index is 0.701. The zero-order chi connectivity index (χ0) is 6.27. The summed E-state index contributed by atoms with van der Waals surface area (Å²) in [4.78, 5) is 0. The molecular weight excluding hydrogens is 175 g/mol. The van der Waals surface area contributed by atoms with Crippen molar-refractivity contribution in [1.82, 2.24) is 0 Å². The average Bonchev–Trinajstić information content (AvgIpc) is 2.64. The van der Waals surface area contributed by atoms with Crippen molar-refractivity contribution < 1.29 is 0 Å². The monoisotopic (exact) mass is 182 g/mol. The van der Waals surface area contributed by atoms with Crippen LogP contribution >= 0.6 is 0 Å². The third-order valence-corrected chi connectivity index (χ3v) is 3.53. The number of hydrogen-bond acceptors (Lipinski definition) is 0. The van der Waals surface area contributed by atoms with Gasteiger partial charge in [0.05, 0.1) is 0 Å². The van der Waals surface area contributed by atoms with Gasteiger partial charge in [0, 0.05) is 0 Å². The van der Waals surface area contributed by atoms with Crippen LogP contribution in [0.2, 0.25) is 0 Å². The Morgan fingerprint density at radius 1 is 1.44 bits per heavy atom. The van der Waals surface area contributed by atoms with E-state index in [9.17, 15) is 0 Å². The molecule has 1 aromatic carbocycles. The molecule has 9 heavy (non-hydrogen) atoms. The van der Waals surface area contributed by atoms with E-state index in [0.717, 1.165) is 0 Å². The Bertz CT molecular complexity index is 263. The summed E-state index contributed by atoms with van der Waals surface area (Å²) in [7, 11) is 0. The van der Waals surface area contributed by atoms with Crippen molar-refractivity contribution in [3.63, 3.8) is 0 Å². The van der Waals surface area contributed by atoms with Crippen molar-refractivity contribution in [2.24, 2.45) is 0 Å².